The molecule has 0 heterocycles. The van der Waals surface area contributed by atoms with Crippen LogP contribution in [0.15, 0.2) is 42.0 Å². The SMILES string of the molecule is C/C(=C\C(O)CCc1ccccc1)C(C)(F)F. The fourth-order valence-electron chi connectivity index (χ4n) is 1.48. The van der Waals surface area contributed by atoms with Crippen LogP contribution in [-0.2, 0) is 6.42 Å². The lowest BCUT2D eigenvalue weighted by Gasteiger charge is -2.13. The number of hydrogen-bond acceptors (Lipinski definition) is 1. The Hall–Kier alpha value is -1.22. The topological polar surface area (TPSA) is 20.2 Å². The predicted molar refractivity (Wildman–Crippen MR) is 65.1 cm³/mol. The minimum atomic E-state index is -2.85. The highest BCUT2D eigenvalue weighted by Gasteiger charge is 2.24. The second-order valence-electron chi connectivity index (χ2n) is 4.33. The monoisotopic (exact) mass is 240 g/mol. The van der Waals surface area contributed by atoms with Crippen molar-refractivity contribution < 1.29 is 13.9 Å². The standard InChI is InChI=1S/C14H18F2O/c1-11(14(2,15)16)10-13(17)9-8-12-6-4-3-5-7-12/h3-7,10,13,17H,8-9H2,1-2H3/b11-10+. The second kappa shape index (κ2) is 5.92. The third kappa shape index (κ3) is 5.09. The minimum absolute atomic E-state index is 0.0851. The molecule has 0 aliphatic carbocycles. The maximum atomic E-state index is 12.9. The van der Waals surface area contributed by atoms with E-state index in [0.29, 0.717) is 12.8 Å². The van der Waals surface area contributed by atoms with E-state index in [-0.39, 0.29) is 5.57 Å². The molecule has 0 bridgehead atoms. The number of hydrogen-bond donors (Lipinski definition) is 1. The van der Waals surface area contributed by atoms with Gasteiger partial charge in [0.1, 0.15) is 0 Å². The molecule has 94 valence electrons. The van der Waals surface area contributed by atoms with Gasteiger partial charge in [0.15, 0.2) is 0 Å². The lowest BCUT2D eigenvalue weighted by atomic mass is 10.0. The average molecular weight is 240 g/mol. The first-order valence-corrected chi connectivity index (χ1v) is 5.68. The summed E-state index contributed by atoms with van der Waals surface area (Å²) in [5, 5.41) is 9.63. The minimum Gasteiger partial charge on any atom is -0.389 e. The van der Waals surface area contributed by atoms with Crippen molar-refractivity contribution in [2.45, 2.75) is 38.7 Å². The maximum absolute atomic E-state index is 12.9. The molecule has 0 aromatic heterocycles. The molecule has 0 amide bonds. The molecule has 0 spiro atoms. The summed E-state index contributed by atoms with van der Waals surface area (Å²) >= 11 is 0. The van der Waals surface area contributed by atoms with Crippen molar-refractivity contribution in [1.82, 2.24) is 0 Å². The summed E-state index contributed by atoms with van der Waals surface area (Å²) in [7, 11) is 0. The molecule has 1 atom stereocenters. The Bertz CT molecular complexity index is 366. The highest BCUT2D eigenvalue weighted by Crippen LogP contribution is 2.23. The van der Waals surface area contributed by atoms with Crippen molar-refractivity contribution in [2.24, 2.45) is 0 Å². The Labute approximate surface area is 101 Å². The van der Waals surface area contributed by atoms with Gasteiger partial charge >= 0.3 is 0 Å². The number of benzene rings is 1. The molecule has 0 saturated carbocycles. The highest BCUT2D eigenvalue weighted by molar-refractivity contribution is 5.16. The van der Waals surface area contributed by atoms with Gasteiger partial charge in [0.05, 0.1) is 6.10 Å². The molecule has 0 saturated heterocycles. The van der Waals surface area contributed by atoms with Crippen molar-refractivity contribution in [2.75, 3.05) is 0 Å². The van der Waals surface area contributed by atoms with Crippen molar-refractivity contribution in [3.63, 3.8) is 0 Å². The van der Waals surface area contributed by atoms with E-state index >= 15 is 0 Å². The summed E-state index contributed by atoms with van der Waals surface area (Å²) in [6.45, 7) is 2.18. The van der Waals surface area contributed by atoms with Gasteiger partial charge in [-0.3, -0.25) is 0 Å². The van der Waals surface area contributed by atoms with Gasteiger partial charge in [-0.2, -0.15) is 0 Å². The van der Waals surface area contributed by atoms with Crippen LogP contribution in [0, 0.1) is 0 Å². The highest BCUT2D eigenvalue weighted by atomic mass is 19.3. The normalized spacial score (nSPS) is 14.8. The van der Waals surface area contributed by atoms with E-state index in [1.54, 1.807) is 0 Å². The van der Waals surface area contributed by atoms with E-state index < -0.39 is 12.0 Å². The summed E-state index contributed by atoms with van der Waals surface area (Å²) < 4.78 is 25.7. The van der Waals surface area contributed by atoms with Crippen LogP contribution in [0.4, 0.5) is 8.78 Å². The summed E-state index contributed by atoms with van der Waals surface area (Å²) in [4.78, 5) is 0. The summed E-state index contributed by atoms with van der Waals surface area (Å²) in [6.07, 6.45) is 1.56. The molecule has 1 unspecified atom stereocenters. The van der Waals surface area contributed by atoms with Gasteiger partial charge in [-0.25, -0.2) is 8.78 Å². The quantitative estimate of drug-likeness (QED) is 0.780. The van der Waals surface area contributed by atoms with Gasteiger partial charge in [0.2, 0.25) is 0 Å². The molecule has 1 aromatic carbocycles. The van der Waals surface area contributed by atoms with Gasteiger partial charge in [0.25, 0.3) is 5.92 Å². The summed E-state index contributed by atoms with van der Waals surface area (Å²) in [5.41, 5.74) is 1.01. The van der Waals surface area contributed by atoms with Crippen LogP contribution in [0.1, 0.15) is 25.8 Å². The Morgan fingerprint density at radius 2 is 1.94 bits per heavy atom. The van der Waals surface area contributed by atoms with Crippen molar-refractivity contribution >= 4 is 0 Å². The maximum Gasteiger partial charge on any atom is 0.266 e. The molecule has 17 heavy (non-hydrogen) atoms. The summed E-state index contributed by atoms with van der Waals surface area (Å²) in [5.74, 6) is -2.85. The van der Waals surface area contributed by atoms with Gasteiger partial charge in [-0.1, -0.05) is 36.4 Å². The number of allylic oxidation sites excluding steroid dienone is 1. The molecule has 1 nitrogen and oxygen atoms in total. The molecule has 0 aliphatic heterocycles. The molecular weight excluding hydrogens is 222 g/mol. The molecule has 1 aromatic rings. The van der Waals surface area contributed by atoms with Crippen molar-refractivity contribution in [3.05, 3.63) is 47.5 Å². The van der Waals surface area contributed by atoms with E-state index in [2.05, 4.69) is 0 Å². The first kappa shape index (κ1) is 13.8. The van der Waals surface area contributed by atoms with E-state index in [0.717, 1.165) is 12.5 Å². The Kier molecular flexibility index (Phi) is 4.82. The van der Waals surface area contributed by atoms with E-state index in [4.69, 9.17) is 0 Å². The average Bonchev–Trinajstić information content (AvgIpc) is 2.26. The second-order valence-corrected chi connectivity index (χ2v) is 4.33. The number of alkyl halides is 2. The van der Waals surface area contributed by atoms with Gasteiger partial charge in [-0.05, 0) is 30.9 Å². The fourth-order valence-corrected chi connectivity index (χ4v) is 1.48. The smallest absolute Gasteiger partial charge is 0.266 e. The Morgan fingerprint density at radius 1 is 1.35 bits per heavy atom. The lowest BCUT2D eigenvalue weighted by Crippen LogP contribution is -2.15. The van der Waals surface area contributed by atoms with Crippen molar-refractivity contribution in [1.29, 1.82) is 0 Å². The molecule has 0 radical (unpaired) electrons. The van der Waals surface area contributed by atoms with Gasteiger partial charge in [0, 0.05) is 6.92 Å². The van der Waals surface area contributed by atoms with Crippen LogP contribution >= 0.6 is 0 Å². The van der Waals surface area contributed by atoms with Crippen LogP contribution in [0.25, 0.3) is 0 Å². The zero-order valence-electron chi connectivity index (χ0n) is 10.2. The molecular formula is C14H18F2O. The lowest BCUT2D eigenvalue weighted by molar-refractivity contribution is 0.0611. The van der Waals surface area contributed by atoms with Crippen LogP contribution < -0.4 is 0 Å². The van der Waals surface area contributed by atoms with Crippen LogP contribution in [-0.4, -0.2) is 17.1 Å². The summed E-state index contributed by atoms with van der Waals surface area (Å²) in [6, 6.07) is 9.67. The number of aryl methyl sites for hydroxylation is 1. The third-order valence-corrected chi connectivity index (χ3v) is 2.71. The molecule has 0 fully saturated rings. The molecule has 3 heteroatoms. The van der Waals surface area contributed by atoms with Crippen LogP contribution in [0.2, 0.25) is 0 Å². The number of aliphatic hydroxyl groups is 1. The third-order valence-electron chi connectivity index (χ3n) is 2.71. The first-order valence-electron chi connectivity index (χ1n) is 5.68. The largest absolute Gasteiger partial charge is 0.389 e. The fraction of sp³-hybridized carbons (Fsp3) is 0.429. The van der Waals surface area contributed by atoms with Crippen LogP contribution in [0.3, 0.4) is 0 Å². The zero-order valence-corrected chi connectivity index (χ0v) is 10.2. The molecule has 1 rings (SSSR count). The first-order chi connectivity index (χ1) is 7.89. The van der Waals surface area contributed by atoms with Gasteiger partial charge < -0.3 is 5.11 Å². The predicted octanol–water partition coefficient (Wildman–Crippen LogP) is 3.58. The molecule has 1 N–H and O–H groups in total. The van der Waals surface area contributed by atoms with E-state index in [9.17, 15) is 13.9 Å². The number of rotatable bonds is 5. The van der Waals surface area contributed by atoms with E-state index in [1.165, 1.54) is 13.0 Å². The number of halogens is 2. The zero-order chi connectivity index (χ0) is 12.9. The van der Waals surface area contributed by atoms with Crippen molar-refractivity contribution in [3.8, 4) is 0 Å². The Balaban J connectivity index is 2.48. The van der Waals surface area contributed by atoms with E-state index in [1.807, 2.05) is 30.3 Å². The van der Waals surface area contributed by atoms with Crippen LogP contribution in [0.5, 0.6) is 0 Å². The Morgan fingerprint density at radius 3 is 2.47 bits per heavy atom. The number of aliphatic hydroxyl groups excluding tert-OH is 1. The van der Waals surface area contributed by atoms with Gasteiger partial charge in [-0.15, -0.1) is 0 Å². The molecule has 0 aliphatic rings.